The predicted molar refractivity (Wildman–Crippen MR) is 98.0 cm³/mol. The fourth-order valence-electron chi connectivity index (χ4n) is 2.51. The van der Waals surface area contributed by atoms with E-state index in [4.69, 9.17) is 9.47 Å². The van der Waals surface area contributed by atoms with Crippen LogP contribution in [0.5, 0.6) is 11.5 Å². The molecule has 0 radical (unpaired) electrons. The van der Waals surface area contributed by atoms with E-state index in [0.717, 1.165) is 5.56 Å². The summed E-state index contributed by atoms with van der Waals surface area (Å²) in [6.45, 7) is 2.66. The first-order valence-electron chi connectivity index (χ1n) is 8.38. The lowest BCUT2D eigenvalue weighted by molar-refractivity contribution is -0.123. The summed E-state index contributed by atoms with van der Waals surface area (Å²) < 4.78 is 11.4. The molecule has 0 atom stereocenters. The van der Waals surface area contributed by atoms with Crippen LogP contribution in [0, 0.1) is 0 Å². The highest BCUT2D eigenvalue weighted by Gasteiger charge is 2.27. The molecule has 0 saturated carbocycles. The van der Waals surface area contributed by atoms with Crippen LogP contribution < -0.4 is 20.1 Å². The first kappa shape index (κ1) is 18.2. The van der Waals surface area contributed by atoms with Gasteiger partial charge < -0.3 is 9.47 Å². The van der Waals surface area contributed by atoms with Crippen molar-refractivity contribution in [2.75, 3.05) is 6.61 Å². The second-order valence-electron chi connectivity index (χ2n) is 5.71. The number of imide groups is 2. The maximum absolute atomic E-state index is 11.8. The van der Waals surface area contributed by atoms with Crippen LogP contribution in [0.25, 0.3) is 6.08 Å². The van der Waals surface area contributed by atoms with Gasteiger partial charge in [0.15, 0.2) is 11.5 Å². The number of hydrogen-bond acceptors (Lipinski definition) is 5. The molecule has 0 unspecified atom stereocenters. The zero-order valence-electron chi connectivity index (χ0n) is 14.7. The van der Waals surface area contributed by atoms with Crippen molar-refractivity contribution in [3.05, 3.63) is 65.2 Å². The number of ether oxygens (including phenoxy) is 2. The summed E-state index contributed by atoms with van der Waals surface area (Å²) in [6.07, 6.45) is 1.39. The highest BCUT2D eigenvalue weighted by molar-refractivity contribution is 6.31. The number of rotatable bonds is 6. The molecule has 4 amide bonds. The fraction of sp³-hybridized carbons (Fsp3) is 0.150. The average molecular weight is 366 g/mol. The molecule has 7 nitrogen and oxygen atoms in total. The standard InChI is InChI=1S/C20H18N2O5/c1-2-26-17-11-14(10-15-18(23)21-20(25)22-19(15)24)8-9-16(17)27-12-13-6-4-3-5-7-13/h3-11H,2,12H2,1H3,(H2,21,22,23,24,25). The van der Waals surface area contributed by atoms with Gasteiger partial charge >= 0.3 is 6.03 Å². The SMILES string of the molecule is CCOc1cc(C=C2C(=O)NC(=O)NC2=O)ccc1OCc1ccccc1. The summed E-state index contributed by atoms with van der Waals surface area (Å²) in [5, 5.41) is 4.07. The van der Waals surface area contributed by atoms with Crippen molar-refractivity contribution in [1.82, 2.24) is 10.6 Å². The van der Waals surface area contributed by atoms with Crippen molar-refractivity contribution in [1.29, 1.82) is 0 Å². The number of carbonyl (C=O) groups excluding carboxylic acids is 3. The zero-order chi connectivity index (χ0) is 19.2. The molecule has 2 aromatic carbocycles. The first-order chi connectivity index (χ1) is 13.1. The van der Waals surface area contributed by atoms with Crippen LogP contribution >= 0.6 is 0 Å². The smallest absolute Gasteiger partial charge is 0.328 e. The van der Waals surface area contributed by atoms with Crippen LogP contribution in [0.4, 0.5) is 4.79 Å². The molecule has 1 heterocycles. The number of hydrogen-bond donors (Lipinski definition) is 2. The van der Waals surface area contributed by atoms with Gasteiger partial charge in [-0.3, -0.25) is 20.2 Å². The Bertz CT molecular complexity index is 884. The molecule has 7 heteroatoms. The molecular weight excluding hydrogens is 348 g/mol. The molecule has 1 saturated heterocycles. The van der Waals surface area contributed by atoms with E-state index in [2.05, 4.69) is 0 Å². The molecule has 1 fully saturated rings. The highest BCUT2D eigenvalue weighted by Crippen LogP contribution is 2.30. The van der Waals surface area contributed by atoms with Crippen LogP contribution in [0.3, 0.4) is 0 Å². The Morgan fingerprint density at radius 1 is 0.889 bits per heavy atom. The van der Waals surface area contributed by atoms with E-state index in [1.165, 1.54) is 6.08 Å². The minimum atomic E-state index is -0.832. The molecule has 0 aromatic heterocycles. The minimum Gasteiger partial charge on any atom is -0.490 e. The average Bonchev–Trinajstić information content (AvgIpc) is 2.65. The summed E-state index contributed by atoms with van der Waals surface area (Å²) in [5.74, 6) is -0.441. The van der Waals surface area contributed by atoms with Crippen molar-refractivity contribution in [3.63, 3.8) is 0 Å². The summed E-state index contributed by atoms with van der Waals surface area (Å²) in [6, 6.07) is 14.0. The number of carbonyl (C=O) groups is 3. The number of urea groups is 1. The van der Waals surface area contributed by atoms with E-state index in [9.17, 15) is 14.4 Å². The lowest BCUT2D eigenvalue weighted by Crippen LogP contribution is -2.51. The maximum Gasteiger partial charge on any atom is 0.328 e. The van der Waals surface area contributed by atoms with Crippen molar-refractivity contribution >= 4 is 23.9 Å². The van der Waals surface area contributed by atoms with Gasteiger partial charge in [0.1, 0.15) is 12.2 Å². The van der Waals surface area contributed by atoms with Crippen LogP contribution in [0.1, 0.15) is 18.1 Å². The summed E-state index contributed by atoms with van der Waals surface area (Å²) in [7, 11) is 0. The number of nitrogens with one attached hydrogen (secondary N) is 2. The Morgan fingerprint density at radius 3 is 2.26 bits per heavy atom. The van der Waals surface area contributed by atoms with Crippen molar-refractivity contribution in [2.24, 2.45) is 0 Å². The van der Waals surface area contributed by atoms with Crippen molar-refractivity contribution in [2.45, 2.75) is 13.5 Å². The molecule has 1 aliphatic heterocycles. The van der Waals surface area contributed by atoms with Crippen LogP contribution in [0.2, 0.25) is 0 Å². The van der Waals surface area contributed by atoms with Crippen LogP contribution in [-0.2, 0) is 16.2 Å². The molecular formula is C20H18N2O5. The van der Waals surface area contributed by atoms with Gasteiger partial charge in [0, 0.05) is 0 Å². The second-order valence-corrected chi connectivity index (χ2v) is 5.71. The normalized spacial score (nSPS) is 13.7. The molecule has 2 aromatic rings. The van der Waals surface area contributed by atoms with Gasteiger partial charge in [-0.05, 0) is 36.3 Å². The van der Waals surface area contributed by atoms with Gasteiger partial charge in [0.05, 0.1) is 6.61 Å². The molecule has 2 N–H and O–H groups in total. The van der Waals surface area contributed by atoms with E-state index < -0.39 is 17.8 Å². The van der Waals surface area contributed by atoms with E-state index in [-0.39, 0.29) is 5.57 Å². The fourth-order valence-corrected chi connectivity index (χ4v) is 2.51. The summed E-state index contributed by atoms with van der Waals surface area (Å²) in [4.78, 5) is 34.8. The van der Waals surface area contributed by atoms with Gasteiger partial charge in [-0.15, -0.1) is 0 Å². The summed E-state index contributed by atoms with van der Waals surface area (Å²) >= 11 is 0. The van der Waals surface area contributed by atoms with Gasteiger partial charge in [-0.1, -0.05) is 36.4 Å². The predicted octanol–water partition coefficient (Wildman–Crippen LogP) is 2.41. The Labute approximate surface area is 156 Å². The molecule has 27 heavy (non-hydrogen) atoms. The molecule has 3 rings (SSSR count). The monoisotopic (exact) mass is 366 g/mol. The van der Waals surface area contributed by atoms with Gasteiger partial charge in [-0.2, -0.15) is 0 Å². The van der Waals surface area contributed by atoms with Crippen LogP contribution in [-0.4, -0.2) is 24.5 Å². The lowest BCUT2D eigenvalue weighted by atomic mass is 10.1. The third kappa shape index (κ3) is 4.52. The number of barbiturate groups is 1. The molecule has 138 valence electrons. The zero-order valence-corrected chi connectivity index (χ0v) is 14.7. The third-order valence-electron chi connectivity index (χ3n) is 3.76. The quantitative estimate of drug-likeness (QED) is 0.605. The lowest BCUT2D eigenvalue weighted by Gasteiger charge is -2.15. The largest absolute Gasteiger partial charge is 0.490 e. The molecule has 1 aliphatic rings. The van der Waals surface area contributed by atoms with Crippen molar-refractivity contribution < 1.29 is 23.9 Å². The molecule has 0 spiro atoms. The Kier molecular flexibility index (Phi) is 5.51. The third-order valence-corrected chi connectivity index (χ3v) is 3.76. The van der Waals surface area contributed by atoms with Crippen LogP contribution in [0.15, 0.2) is 54.1 Å². The Balaban J connectivity index is 1.82. The number of benzene rings is 2. The summed E-state index contributed by atoms with van der Waals surface area (Å²) in [5.41, 5.74) is 1.43. The highest BCUT2D eigenvalue weighted by atomic mass is 16.5. The van der Waals surface area contributed by atoms with E-state index in [1.54, 1.807) is 18.2 Å². The topological polar surface area (TPSA) is 93.7 Å². The van der Waals surface area contributed by atoms with E-state index >= 15 is 0 Å². The molecule has 0 bridgehead atoms. The molecule has 0 aliphatic carbocycles. The number of amides is 4. The Morgan fingerprint density at radius 2 is 1.59 bits per heavy atom. The Hall–Kier alpha value is -3.61. The van der Waals surface area contributed by atoms with Gasteiger partial charge in [-0.25, -0.2) is 4.79 Å². The minimum absolute atomic E-state index is 0.157. The maximum atomic E-state index is 11.8. The van der Waals surface area contributed by atoms with Crippen molar-refractivity contribution in [3.8, 4) is 11.5 Å². The van der Waals surface area contributed by atoms with Gasteiger partial charge in [0.25, 0.3) is 11.8 Å². The van der Waals surface area contributed by atoms with Gasteiger partial charge in [0.2, 0.25) is 0 Å². The van der Waals surface area contributed by atoms with E-state index in [0.29, 0.717) is 30.3 Å². The first-order valence-corrected chi connectivity index (χ1v) is 8.38. The second kappa shape index (κ2) is 8.18. The van der Waals surface area contributed by atoms with E-state index in [1.807, 2.05) is 47.9 Å².